The number of ether oxygens (including phenoxy) is 4. The largest absolute Gasteiger partial charge is 0.586 e. The van der Waals surface area contributed by atoms with Crippen molar-refractivity contribution in [2.75, 3.05) is 5.32 Å². The maximum absolute atomic E-state index is 13.5. The number of benzene rings is 3. The average Bonchev–Trinajstić information content (AvgIpc) is 3.49. The van der Waals surface area contributed by atoms with Crippen LogP contribution in [0.15, 0.2) is 66.9 Å². The van der Waals surface area contributed by atoms with Gasteiger partial charge in [0.1, 0.15) is 11.5 Å². The fraction of sp³-hybridized carbons (Fsp3) is 0.0833. The van der Waals surface area contributed by atoms with Crippen LogP contribution in [0.4, 0.5) is 32.4 Å². The topological polar surface area (TPSA) is 83.8 Å². The van der Waals surface area contributed by atoms with Gasteiger partial charge in [-0.05, 0) is 54.1 Å². The first-order valence-electron chi connectivity index (χ1n) is 10.5. The monoisotopic (exact) mass is 517 g/mol. The van der Waals surface area contributed by atoms with Crippen molar-refractivity contribution >= 4 is 11.7 Å². The van der Waals surface area contributed by atoms with Crippen LogP contribution in [-0.4, -0.2) is 28.4 Å². The fourth-order valence-corrected chi connectivity index (χ4v) is 3.83. The predicted octanol–water partition coefficient (Wildman–Crippen LogP) is 6.08. The minimum Gasteiger partial charge on any atom is -0.395 e. The number of fused-ring (bicyclic) bond motifs is 2. The molecular weight excluding hydrogens is 505 g/mol. The second-order valence-corrected chi connectivity index (χ2v) is 7.93. The van der Waals surface area contributed by atoms with E-state index < -0.39 is 24.4 Å². The third-order valence-electron chi connectivity index (χ3n) is 5.40. The van der Waals surface area contributed by atoms with Crippen LogP contribution in [0.2, 0.25) is 0 Å². The van der Waals surface area contributed by atoms with Crippen LogP contribution >= 0.6 is 0 Å². The molecule has 0 spiro atoms. The predicted molar refractivity (Wildman–Crippen MR) is 116 cm³/mol. The molecule has 0 fully saturated rings. The number of hydrogen-bond donors (Lipinski definition) is 1. The molecule has 0 saturated heterocycles. The van der Waals surface area contributed by atoms with Gasteiger partial charge in [-0.3, -0.25) is 0 Å². The number of nitrogens with zero attached hydrogens (tertiary/aromatic N) is 2. The van der Waals surface area contributed by atoms with Crippen LogP contribution in [-0.2, 0) is 0 Å². The molecule has 188 valence electrons. The lowest BCUT2D eigenvalue weighted by Crippen LogP contribution is -2.26. The summed E-state index contributed by atoms with van der Waals surface area (Å²) in [6.45, 7) is 0. The van der Waals surface area contributed by atoms with Crippen molar-refractivity contribution in [1.82, 2.24) is 9.78 Å². The number of nitrogens with one attached hydrogen (secondary N) is 1. The molecule has 3 heterocycles. The number of amides is 1. The maximum atomic E-state index is 13.5. The minimum atomic E-state index is -3.82. The van der Waals surface area contributed by atoms with E-state index >= 15 is 0 Å². The first-order valence-corrected chi connectivity index (χ1v) is 10.5. The summed E-state index contributed by atoms with van der Waals surface area (Å²) in [6, 6.07) is 12.2. The van der Waals surface area contributed by atoms with Gasteiger partial charge in [0.05, 0.1) is 0 Å². The summed E-state index contributed by atoms with van der Waals surface area (Å²) < 4.78 is 85.6. The van der Waals surface area contributed by atoms with Crippen LogP contribution in [0.25, 0.3) is 22.4 Å². The van der Waals surface area contributed by atoms with Crippen LogP contribution < -0.4 is 24.3 Å². The second kappa shape index (κ2) is 7.85. The molecule has 0 saturated carbocycles. The van der Waals surface area contributed by atoms with Crippen molar-refractivity contribution in [1.29, 1.82) is 0 Å². The SMILES string of the molecule is O=C(Nc1ccc2c(c1)OC(F)(F)O2)n1cc(-c2ccc3c(c2)OC(F)(F)O3)c(-c2ccc(F)cc2)n1. The summed E-state index contributed by atoms with van der Waals surface area (Å²) in [5.74, 6) is -1.36. The molecule has 0 aliphatic carbocycles. The zero-order valence-electron chi connectivity index (χ0n) is 18.2. The van der Waals surface area contributed by atoms with E-state index in [0.29, 0.717) is 16.7 Å². The normalized spacial score (nSPS) is 16.0. The fourth-order valence-electron chi connectivity index (χ4n) is 3.83. The highest BCUT2D eigenvalue weighted by Gasteiger charge is 2.44. The van der Waals surface area contributed by atoms with E-state index in [2.05, 4.69) is 29.4 Å². The van der Waals surface area contributed by atoms with Gasteiger partial charge in [0.25, 0.3) is 0 Å². The number of carbonyl (C=O) groups excluding carboxylic acids is 1. The van der Waals surface area contributed by atoms with Crippen LogP contribution in [0.1, 0.15) is 0 Å². The summed E-state index contributed by atoms with van der Waals surface area (Å²) in [7, 11) is 0. The summed E-state index contributed by atoms with van der Waals surface area (Å²) in [5.41, 5.74) is 1.44. The Labute approximate surface area is 203 Å². The van der Waals surface area contributed by atoms with Crippen molar-refractivity contribution in [3.05, 3.63) is 72.7 Å². The molecule has 3 aromatic carbocycles. The molecular formula is C24H12F5N3O5. The van der Waals surface area contributed by atoms with Gasteiger partial charge < -0.3 is 24.3 Å². The van der Waals surface area contributed by atoms with Gasteiger partial charge in [0.15, 0.2) is 23.0 Å². The summed E-state index contributed by atoms with van der Waals surface area (Å²) >= 11 is 0. The number of rotatable bonds is 3. The summed E-state index contributed by atoms with van der Waals surface area (Å²) in [5, 5.41) is 6.78. The molecule has 1 amide bonds. The molecule has 0 bridgehead atoms. The molecule has 4 aromatic rings. The first kappa shape index (κ1) is 22.6. The Bertz CT molecular complexity index is 1560. The van der Waals surface area contributed by atoms with Crippen molar-refractivity contribution in [3.63, 3.8) is 0 Å². The Balaban J connectivity index is 1.35. The Morgan fingerprint density at radius 1 is 0.757 bits per heavy atom. The summed E-state index contributed by atoms with van der Waals surface area (Å²) in [6.07, 6.45) is -6.31. The molecule has 0 radical (unpaired) electrons. The molecule has 8 nitrogen and oxygen atoms in total. The second-order valence-electron chi connectivity index (χ2n) is 7.93. The van der Waals surface area contributed by atoms with E-state index in [1.165, 1.54) is 60.8 Å². The molecule has 0 unspecified atom stereocenters. The number of anilines is 1. The smallest absolute Gasteiger partial charge is 0.395 e. The zero-order chi connectivity index (χ0) is 25.9. The van der Waals surface area contributed by atoms with Gasteiger partial charge in [0, 0.05) is 29.1 Å². The Morgan fingerprint density at radius 2 is 1.32 bits per heavy atom. The van der Waals surface area contributed by atoms with Gasteiger partial charge >= 0.3 is 18.6 Å². The van der Waals surface area contributed by atoms with E-state index in [1.807, 2.05) is 0 Å². The Morgan fingerprint density at radius 3 is 2.00 bits per heavy atom. The third-order valence-corrected chi connectivity index (χ3v) is 5.40. The number of aromatic nitrogens is 2. The molecule has 0 atom stereocenters. The average molecular weight is 517 g/mol. The molecule has 6 rings (SSSR count). The van der Waals surface area contributed by atoms with E-state index in [9.17, 15) is 26.7 Å². The van der Waals surface area contributed by atoms with Crippen molar-refractivity contribution in [2.24, 2.45) is 0 Å². The standard InChI is InChI=1S/C24H12F5N3O5/c25-14-4-1-12(2-5-14)21-16(13-3-7-17-19(9-13)36-23(26,27)34-17)11-32(31-21)22(33)30-15-6-8-18-20(10-15)37-24(28,29)35-18/h1-11H,(H,30,33). The van der Waals surface area contributed by atoms with E-state index in [0.717, 1.165) is 10.7 Å². The van der Waals surface area contributed by atoms with E-state index in [1.54, 1.807) is 0 Å². The summed E-state index contributed by atoms with van der Waals surface area (Å²) in [4.78, 5) is 13.0. The van der Waals surface area contributed by atoms with Gasteiger partial charge in [-0.25, -0.2) is 9.18 Å². The molecule has 2 aliphatic rings. The lowest BCUT2D eigenvalue weighted by atomic mass is 10.0. The minimum absolute atomic E-state index is 0.107. The highest BCUT2D eigenvalue weighted by atomic mass is 19.3. The molecule has 1 N–H and O–H groups in total. The Hall–Kier alpha value is -4.81. The number of hydrogen-bond acceptors (Lipinski definition) is 6. The highest BCUT2D eigenvalue weighted by molar-refractivity contribution is 5.93. The van der Waals surface area contributed by atoms with Crippen molar-refractivity contribution in [2.45, 2.75) is 12.6 Å². The quantitative estimate of drug-likeness (QED) is 0.332. The number of alkyl halides is 4. The molecule has 37 heavy (non-hydrogen) atoms. The number of carbonyl (C=O) groups is 1. The van der Waals surface area contributed by atoms with Gasteiger partial charge in [0.2, 0.25) is 0 Å². The van der Waals surface area contributed by atoms with Crippen LogP contribution in [0.5, 0.6) is 23.0 Å². The maximum Gasteiger partial charge on any atom is 0.586 e. The van der Waals surface area contributed by atoms with Crippen LogP contribution in [0, 0.1) is 5.82 Å². The molecule has 1 aromatic heterocycles. The van der Waals surface area contributed by atoms with Gasteiger partial charge in [-0.15, -0.1) is 17.6 Å². The van der Waals surface area contributed by atoms with E-state index in [4.69, 9.17) is 0 Å². The van der Waals surface area contributed by atoms with Crippen molar-refractivity contribution < 1.29 is 45.7 Å². The van der Waals surface area contributed by atoms with Gasteiger partial charge in [-0.2, -0.15) is 9.78 Å². The lowest BCUT2D eigenvalue weighted by molar-refractivity contribution is -0.287. The van der Waals surface area contributed by atoms with Crippen LogP contribution in [0.3, 0.4) is 0 Å². The highest BCUT2D eigenvalue weighted by Crippen LogP contribution is 2.44. The lowest BCUT2D eigenvalue weighted by Gasteiger charge is -2.05. The zero-order valence-corrected chi connectivity index (χ0v) is 18.2. The van der Waals surface area contributed by atoms with E-state index in [-0.39, 0.29) is 34.4 Å². The third kappa shape index (κ3) is 4.24. The Kier molecular flexibility index (Phi) is 4.80. The molecule has 2 aliphatic heterocycles. The van der Waals surface area contributed by atoms with Crippen molar-refractivity contribution in [3.8, 4) is 45.4 Å². The molecule has 13 heteroatoms. The number of halogens is 5. The first-order chi connectivity index (χ1) is 17.6. The van der Waals surface area contributed by atoms with Gasteiger partial charge in [-0.1, -0.05) is 6.07 Å².